The van der Waals surface area contributed by atoms with Crippen molar-refractivity contribution < 1.29 is 74.4 Å². The van der Waals surface area contributed by atoms with Crippen LogP contribution in [0.25, 0.3) is 0 Å². The second-order valence-corrected chi connectivity index (χ2v) is 9.05. The van der Waals surface area contributed by atoms with Crippen molar-refractivity contribution >= 4 is 5.91 Å². The van der Waals surface area contributed by atoms with Gasteiger partial charge in [-0.2, -0.15) is 0 Å². The third-order valence-electron chi connectivity index (χ3n) is 6.45. The van der Waals surface area contributed by atoms with Crippen molar-refractivity contribution in [1.29, 1.82) is 0 Å². The first kappa shape index (κ1) is 29.5. The predicted molar refractivity (Wildman–Crippen MR) is 111 cm³/mol. The van der Waals surface area contributed by atoms with Crippen LogP contribution in [0.15, 0.2) is 0 Å². The number of aliphatic hydroxyl groups excluding tert-OH is 9. The maximum absolute atomic E-state index is 11.8. The van der Waals surface area contributed by atoms with Crippen LogP contribution in [0.1, 0.15) is 13.8 Å². The fourth-order valence-electron chi connectivity index (χ4n) is 4.40. The second-order valence-electron chi connectivity index (χ2n) is 9.05. The topological polar surface area (TPSA) is 257 Å². The molecule has 3 saturated heterocycles. The van der Waals surface area contributed by atoms with Crippen molar-refractivity contribution in [1.82, 2.24) is 5.32 Å². The van der Waals surface area contributed by atoms with Crippen LogP contribution in [0.5, 0.6) is 0 Å². The van der Waals surface area contributed by atoms with Crippen LogP contribution >= 0.6 is 0 Å². The number of amides is 1. The van der Waals surface area contributed by atoms with E-state index < -0.39 is 111 Å². The molecule has 0 aromatic carbocycles. The Balaban J connectivity index is 1.92. The van der Waals surface area contributed by atoms with Gasteiger partial charge >= 0.3 is 0 Å². The van der Waals surface area contributed by atoms with E-state index >= 15 is 0 Å². The van der Waals surface area contributed by atoms with E-state index in [-0.39, 0.29) is 0 Å². The molecule has 3 aliphatic heterocycles. The van der Waals surface area contributed by atoms with Crippen LogP contribution < -0.4 is 5.32 Å². The standard InChI is InChI=1S/C20H35NO15/c1-5-10(25)12(27)14(29)19(32-5)36-17-9(21-6(2)24)18(31)33-8(4-23)16(17)35-20-15(30)13(28)11(26)7(3-22)34-20/h5,7-20,22-23,25-31H,3-4H2,1-2H3,(H,21,24)/t5?,7?,8?,9?,10-,11?,12?,13?,14?,15?,16?,17?,18?,19+,20?/m1/s1. The van der Waals surface area contributed by atoms with Gasteiger partial charge < -0.3 is 75.0 Å². The van der Waals surface area contributed by atoms with Gasteiger partial charge in [-0.1, -0.05) is 0 Å². The molecule has 0 saturated carbocycles. The Labute approximate surface area is 205 Å². The van der Waals surface area contributed by atoms with Gasteiger partial charge in [-0.25, -0.2) is 0 Å². The molecule has 36 heavy (non-hydrogen) atoms. The number of carbonyl (C=O) groups is 1. The molecule has 0 bridgehead atoms. The van der Waals surface area contributed by atoms with Gasteiger partial charge in [0.05, 0.1) is 19.3 Å². The first-order valence-electron chi connectivity index (χ1n) is 11.4. The van der Waals surface area contributed by atoms with Crippen molar-refractivity contribution in [2.24, 2.45) is 0 Å². The fourth-order valence-corrected chi connectivity index (χ4v) is 4.40. The minimum Gasteiger partial charge on any atom is -0.394 e. The van der Waals surface area contributed by atoms with Crippen molar-refractivity contribution in [3.63, 3.8) is 0 Å². The molecule has 16 nitrogen and oxygen atoms in total. The molecule has 0 spiro atoms. The molecule has 0 aromatic heterocycles. The largest absolute Gasteiger partial charge is 0.394 e. The number of rotatable bonds is 7. The molecule has 13 unspecified atom stereocenters. The summed E-state index contributed by atoms with van der Waals surface area (Å²) in [5.41, 5.74) is 0. The SMILES string of the molecule is CC(=O)NC1C(O)OC(CO)C(OC2OC(CO)C(O)C(O)C2O)C1O[C@@H]1OC(C)[C@@H](O)C(O)C1O. The van der Waals surface area contributed by atoms with Crippen molar-refractivity contribution in [2.45, 2.75) is 106 Å². The van der Waals surface area contributed by atoms with Gasteiger partial charge in [0.1, 0.15) is 67.1 Å². The van der Waals surface area contributed by atoms with Gasteiger partial charge in [-0.15, -0.1) is 0 Å². The summed E-state index contributed by atoms with van der Waals surface area (Å²) in [6.07, 6.45) is -22.0. The van der Waals surface area contributed by atoms with E-state index in [0.717, 1.165) is 6.92 Å². The molecule has 0 aromatic rings. The van der Waals surface area contributed by atoms with E-state index in [4.69, 9.17) is 23.7 Å². The minimum atomic E-state index is -1.85. The van der Waals surface area contributed by atoms with Gasteiger partial charge in [-0.05, 0) is 6.92 Å². The van der Waals surface area contributed by atoms with Crippen molar-refractivity contribution in [2.75, 3.05) is 13.2 Å². The van der Waals surface area contributed by atoms with E-state index in [1.54, 1.807) is 0 Å². The van der Waals surface area contributed by atoms with Gasteiger partial charge in [0.25, 0.3) is 0 Å². The lowest BCUT2D eigenvalue weighted by molar-refractivity contribution is -0.370. The number of nitrogens with one attached hydrogen (secondary N) is 1. The van der Waals surface area contributed by atoms with Crippen LogP contribution in [-0.4, -0.2) is 157 Å². The average molecular weight is 529 g/mol. The van der Waals surface area contributed by atoms with Crippen LogP contribution in [0.4, 0.5) is 0 Å². The Kier molecular flexibility index (Phi) is 9.97. The molecule has 210 valence electrons. The predicted octanol–water partition coefficient (Wildman–Crippen LogP) is -6.40. The number of aliphatic hydroxyl groups is 9. The van der Waals surface area contributed by atoms with Gasteiger partial charge in [0, 0.05) is 6.92 Å². The summed E-state index contributed by atoms with van der Waals surface area (Å²) in [5, 5.41) is 93.2. The van der Waals surface area contributed by atoms with E-state index in [2.05, 4.69) is 5.32 Å². The van der Waals surface area contributed by atoms with E-state index in [1.807, 2.05) is 0 Å². The highest BCUT2D eigenvalue weighted by atomic mass is 16.7. The molecule has 0 aliphatic carbocycles. The van der Waals surface area contributed by atoms with Gasteiger partial charge in [-0.3, -0.25) is 4.79 Å². The molecular weight excluding hydrogens is 494 g/mol. The normalized spacial score (nSPS) is 50.0. The number of hydrogen-bond acceptors (Lipinski definition) is 15. The molecule has 16 heteroatoms. The highest BCUT2D eigenvalue weighted by Crippen LogP contribution is 2.32. The van der Waals surface area contributed by atoms with Gasteiger partial charge in [0.15, 0.2) is 18.9 Å². The minimum absolute atomic E-state index is 0.640. The third-order valence-corrected chi connectivity index (χ3v) is 6.45. The Morgan fingerprint density at radius 2 is 1.25 bits per heavy atom. The van der Waals surface area contributed by atoms with Crippen LogP contribution in [0, 0.1) is 0 Å². The lowest BCUT2D eigenvalue weighted by Crippen LogP contribution is -2.69. The molecule has 1 amide bonds. The second kappa shape index (κ2) is 12.2. The maximum atomic E-state index is 11.8. The summed E-state index contributed by atoms with van der Waals surface area (Å²) in [7, 11) is 0. The zero-order valence-electron chi connectivity index (χ0n) is 19.5. The summed E-state index contributed by atoms with van der Waals surface area (Å²) >= 11 is 0. The summed E-state index contributed by atoms with van der Waals surface area (Å²) in [5.74, 6) is -0.640. The Morgan fingerprint density at radius 1 is 0.722 bits per heavy atom. The third kappa shape index (κ3) is 5.97. The fraction of sp³-hybridized carbons (Fsp3) is 0.950. The van der Waals surface area contributed by atoms with Crippen LogP contribution in [0.2, 0.25) is 0 Å². The summed E-state index contributed by atoms with van der Waals surface area (Å²) < 4.78 is 27.7. The van der Waals surface area contributed by atoms with Crippen LogP contribution in [0.3, 0.4) is 0 Å². The molecule has 3 fully saturated rings. The van der Waals surface area contributed by atoms with Gasteiger partial charge in [0.2, 0.25) is 5.91 Å². The Bertz CT molecular complexity index is 729. The van der Waals surface area contributed by atoms with Crippen molar-refractivity contribution in [3.05, 3.63) is 0 Å². The molecule has 15 atom stereocenters. The first-order valence-corrected chi connectivity index (χ1v) is 11.4. The highest BCUT2D eigenvalue weighted by Gasteiger charge is 2.54. The summed E-state index contributed by atoms with van der Waals surface area (Å²) in [4.78, 5) is 11.8. The first-order chi connectivity index (χ1) is 16.9. The molecule has 3 heterocycles. The Hall–Kier alpha value is -1.09. The molecule has 3 aliphatic rings. The lowest BCUT2D eigenvalue weighted by Gasteiger charge is -2.49. The van der Waals surface area contributed by atoms with E-state index in [9.17, 15) is 50.8 Å². The highest BCUT2D eigenvalue weighted by molar-refractivity contribution is 5.73. The lowest BCUT2D eigenvalue weighted by atomic mass is 9.94. The Morgan fingerprint density at radius 3 is 1.81 bits per heavy atom. The van der Waals surface area contributed by atoms with E-state index in [1.165, 1.54) is 6.92 Å². The van der Waals surface area contributed by atoms with Crippen molar-refractivity contribution in [3.8, 4) is 0 Å². The zero-order valence-corrected chi connectivity index (χ0v) is 19.5. The monoisotopic (exact) mass is 529 g/mol. The number of hydrogen-bond donors (Lipinski definition) is 10. The molecular formula is C20H35NO15. The van der Waals surface area contributed by atoms with Crippen LogP contribution in [-0.2, 0) is 28.5 Å². The molecule has 3 rings (SSSR count). The zero-order chi connectivity index (χ0) is 26.9. The smallest absolute Gasteiger partial charge is 0.217 e. The maximum Gasteiger partial charge on any atom is 0.217 e. The molecule has 0 radical (unpaired) electrons. The number of carbonyl (C=O) groups excluding carboxylic acids is 1. The van der Waals surface area contributed by atoms with E-state index in [0.29, 0.717) is 0 Å². The quantitative estimate of drug-likeness (QED) is 0.147. The average Bonchev–Trinajstić information content (AvgIpc) is 2.84. The number of ether oxygens (including phenoxy) is 5. The molecule has 10 N–H and O–H groups in total. The summed E-state index contributed by atoms with van der Waals surface area (Å²) in [6, 6.07) is -1.41. The summed E-state index contributed by atoms with van der Waals surface area (Å²) in [6.45, 7) is 1.00.